The van der Waals surface area contributed by atoms with Gasteiger partial charge in [-0.05, 0) is 47.9 Å². The number of nitrogens with two attached hydrogens (primary N) is 2. The highest BCUT2D eigenvalue weighted by atomic mass is 32.2. The van der Waals surface area contributed by atoms with E-state index >= 15 is 0 Å². The molecular weight excluding hydrogens is 681 g/mol. The molecule has 12 heteroatoms. The Morgan fingerprint density at radius 3 is 2.21 bits per heavy atom. The molecule has 282 valence electrons. The highest BCUT2D eigenvalue weighted by molar-refractivity contribution is 7.90. The van der Waals surface area contributed by atoms with Gasteiger partial charge in [0, 0.05) is 38.5 Å². The molecule has 0 spiro atoms. The summed E-state index contributed by atoms with van der Waals surface area (Å²) in [7, 11) is -2.11. The van der Waals surface area contributed by atoms with Crippen molar-refractivity contribution in [1.82, 2.24) is 5.32 Å². The molecule has 0 fully saturated rings. The number of Topliss-reactive ketones (excluding diaryl/α,β-unsaturated/α-hetero) is 2. The van der Waals surface area contributed by atoms with Gasteiger partial charge in [-0.3, -0.25) is 19.8 Å². The maximum absolute atomic E-state index is 14.0. The van der Waals surface area contributed by atoms with Gasteiger partial charge in [0.05, 0.1) is 43.3 Å². The number of carbonyl (C=O) groups is 3. The molecule has 1 amide bonds. The van der Waals surface area contributed by atoms with E-state index in [0.717, 1.165) is 16.7 Å². The van der Waals surface area contributed by atoms with Crippen LogP contribution in [0.15, 0.2) is 78.9 Å². The van der Waals surface area contributed by atoms with Crippen molar-refractivity contribution in [3.05, 3.63) is 107 Å². The number of ketones is 2. The third kappa shape index (κ3) is 16.0. The van der Waals surface area contributed by atoms with Crippen LogP contribution in [0.25, 0.3) is 0 Å². The van der Waals surface area contributed by atoms with Gasteiger partial charge < -0.3 is 26.3 Å². The lowest BCUT2D eigenvalue weighted by atomic mass is 9.95. The molecule has 52 heavy (non-hydrogen) atoms. The number of amidine groups is 1. The summed E-state index contributed by atoms with van der Waals surface area (Å²) in [5.41, 5.74) is 15.3. The Kier molecular flexibility index (Phi) is 18.4. The van der Waals surface area contributed by atoms with Gasteiger partial charge in [-0.2, -0.15) is 0 Å². The Hall–Kier alpha value is -4.23. The molecule has 0 aliphatic rings. The van der Waals surface area contributed by atoms with Crippen LogP contribution in [-0.4, -0.2) is 70.5 Å². The molecule has 3 aromatic carbocycles. The van der Waals surface area contributed by atoms with Crippen molar-refractivity contribution in [2.45, 2.75) is 76.1 Å². The lowest BCUT2D eigenvalue weighted by molar-refractivity contribution is -0.130. The molecular formula is C40H54N4O7S. The van der Waals surface area contributed by atoms with Crippen LogP contribution in [0.5, 0.6) is 0 Å². The number of amides is 1. The maximum atomic E-state index is 14.0. The summed E-state index contributed by atoms with van der Waals surface area (Å²) in [6, 6.07) is 22.6. The van der Waals surface area contributed by atoms with Crippen molar-refractivity contribution in [1.29, 1.82) is 5.41 Å². The van der Waals surface area contributed by atoms with E-state index in [1.54, 1.807) is 43.5 Å². The van der Waals surface area contributed by atoms with E-state index in [1.165, 1.54) is 0 Å². The molecule has 0 aliphatic carbocycles. The van der Waals surface area contributed by atoms with Crippen LogP contribution in [0.2, 0.25) is 0 Å². The Bertz CT molecular complexity index is 1680. The zero-order valence-electron chi connectivity index (χ0n) is 30.2. The number of unbranched alkanes of at least 4 members (excludes halogenated alkanes) is 2. The number of rotatable bonds is 26. The van der Waals surface area contributed by atoms with E-state index in [9.17, 15) is 22.8 Å². The van der Waals surface area contributed by atoms with Crippen molar-refractivity contribution < 1.29 is 32.3 Å². The van der Waals surface area contributed by atoms with Gasteiger partial charge in [0.15, 0.2) is 15.6 Å². The summed E-state index contributed by atoms with van der Waals surface area (Å²) < 4.78 is 37.2. The third-order valence-electron chi connectivity index (χ3n) is 8.82. The largest absolute Gasteiger partial charge is 0.384 e. The van der Waals surface area contributed by atoms with Gasteiger partial charge >= 0.3 is 0 Å². The van der Waals surface area contributed by atoms with Crippen molar-refractivity contribution in [3.63, 3.8) is 0 Å². The highest BCUT2D eigenvalue weighted by Gasteiger charge is 2.29. The number of hydrogen-bond acceptors (Lipinski definition) is 9. The summed E-state index contributed by atoms with van der Waals surface area (Å²) in [6.07, 6.45) is 3.59. The average molecular weight is 735 g/mol. The lowest BCUT2D eigenvalue weighted by Crippen LogP contribution is -2.46. The molecule has 3 aromatic rings. The van der Waals surface area contributed by atoms with Gasteiger partial charge in [0.1, 0.15) is 11.6 Å². The average Bonchev–Trinajstić information content (AvgIpc) is 3.13. The summed E-state index contributed by atoms with van der Waals surface area (Å²) in [5, 5.41) is 10.6. The molecule has 2 atom stereocenters. The van der Waals surface area contributed by atoms with Crippen LogP contribution in [0.4, 0.5) is 0 Å². The maximum Gasteiger partial charge on any atom is 0.224 e. The Labute approximate surface area is 308 Å². The van der Waals surface area contributed by atoms with Gasteiger partial charge in [0.2, 0.25) is 5.91 Å². The van der Waals surface area contributed by atoms with Crippen LogP contribution < -0.4 is 16.8 Å². The number of ether oxygens (including phenoxy) is 2. The first-order chi connectivity index (χ1) is 25.0. The van der Waals surface area contributed by atoms with E-state index < -0.39 is 27.7 Å². The second kappa shape index (κ2) is 22.7. The van der Waals surface area contributed by atoms with Crippen molar-refractivity contribution >= 4 is 33.1 Å². The molecule has 0 radical (unpaired) electrons. The van der Waals surface area contributed by atoms with Crippen LogP contribution in [0.1, 0.15) is 72.8 Å². The third-order valence-corrected chi connectivity index (χ3v) is 10.5. The monoisotopic (exact) mass is 734 g/mol. The minimum atomic E-state index is -3.69. The van der Waals surface area contributed by atoms with Crippen molar-refractivity contribution in [3.8, 4) is 0 Å². The first kappa shape index (κ1) is 42.2. The van der Waals surface area contributed by atoms with Crippen molar-refractivity contribution in [2.75, 3.05) is 32.7 Å². The Morgan fingerprint density at radius 1 is 0.808 bits per heavy atom. The number of nitrogens with one attached hydrogen (secondary N) is 2. The Balaban J connectivity index is 1.72. The van der Waals surface area contributed by atoms with E-state index in [1.807, 2.05) is 42.5 Å². The summed E-state index contributed by atoms with van der Waals surface area (Å²) in [6.45, 7) is 1.57. The van der Waals surface area contributed by atoms with Crippen LogP contribution in [0, 0.1) is 11.3 Å². The summed E-state index contributed by atoms with van der Waals surface area (Å²) in [5.74, 6) is -2.07. The fraction of sp³-hybridized carbons (Fsp3) is 0.450. The molecule has 6 N–H and O–H groups in total. The van der Waals surface area contributed by atoms with E-state index in [-0.39, 0.29) is 41.7 Å². The summed E-state index contributed by atoms with van der Waals surface area (Å²) >= 11 is 0. The zero-order chi connectivity index (χ0) is 37.8. The molecule has 0 saturated carbocycles. The topological polar surface area (TPSA) is 192 Å². The minimum absolute atomic E-state index is 0.0431. The first-order valence-electron chi connectivity index (χ1n) is 17.9. The normalized spacial score (nSPS) is 12.6. The van der Waals surface area contributed by atoms with E-state index in [4.69, 9.17) is 26.4 Å². The number of benzene rings is 3. The van der Waals surface area contributed by atoms with Gasteiger partial charge in [-0.1, -0.05) is 91.7 Å². The molecule has 0 aromatic heterocycles. The number of methoxy groups -OCH3 is 1. The Morgan fingerprint density at radius 2 is 1.52 bits per heavy atom. The van der Waals surface area contributed by atoms with E-state index in [0.29, 0.717) is 82.4 Å². The fourth-order valence-electron chi connectivity index (χ4n) is 5.88. The van der Waals surface area contributed by atoms with Crippen molar-refractivity contribution in [2.24, 2.45) is 17.4 Å². The molecule has 0 aliphatic heterocycles. The standard InChI is InChI=1S/C40H54N4O7S/c1-50-23-24-51-22-21-36(45)14-7-3-6-13-35(29-52(48,49)28-31-9-4-2-5-10-31)40(47)44-37(26-32-11-8-12-33(25-32)27-41)38(46)20-17-30-15-18-34(19-16-30)39(42)43/h2,4-5,8-12,15-16,18-19,25,35,37H,3,6-7,13-14,17,20-24,26-29,41H2,1H3,(H3,42,43)(H,44,47)/t35-,37-/m0/s1. The molecule has 11 nitrogen and oxygen atoms in total. The number of sulfone groups is 1. The number of nitrogen functional groups attached to an aromatic ring is 1. The zero-order valence-corrected chi connectivity index (χ0v) is 31.0. The first-order valence-corrected chi connectivity index (χ1v) is 19.7. The molecule has 0 saturated heterocycles. The second-order valence-corrected chi connectivity index (χ2v) is 15.2. The summed E-state index contributed by atoms with van der Waals surface area (Å²) in [4.78, 5) is 40.0. The van der Waals surface area contributed by atoms with Gasteiger partial charge in [0.25, 0.3) is 0 Å². The number of hydrogen-bond donors (Lipinski definition) is 4. The highest BCUT2D eigenvalue weighted by Crippen LogP contribution is 2.19. The SMILES string of the molecule is COCCOCCC(=O)CCCCC[C@@H](CS(=O)(=O)Cc1ccccc1)C(=O)N[C@@H](Cc1cccc(CN)c1)C(=O)CCc1ccc(C(=N)N)cc1. The quantitative estimate of drug-likeness (QED) is 0.0524. The van der Waals surface area contributed by atoms with Gasteiger partial charge in [-0.25, -0.2) is 8.42 Å². The molecule has 0 bridgehead atoms. The van der Waals surface area contributed by atoms with Crippen LogP contribution in [-0.2, 0) is 58.8 Å². The minimum Gasteiger partial charge on any atom is -0.384 e. The van der Waals surface area contributed by atoms with Crippen LogP contribution in [0.3, 0.4) is 0 Å². The smallest absolute Gasteiger partial charge is 0.224 e. The van der Waals surface area contributed by atoms with Gasteiger partial charge in [-0.15, -0.1) is 0 Å². The molecule has 3 rings (SSSR count). The van der Waals surface area contributed by atoms with E-state index in [2.05, 4.69) is 5.32 Å². The number of aryl methyl sites for hydroxylation is 1. The molecule has 0 heterocycles. The lowest BCUT2D eigenvalue weighted by Gasteiger charge is -2.23. The fourth-order valence-corrected chi connectivity index (χ4v) is 7.62. The molecule has 0 unspecified atom stereocenters. The predicted octanol–water partition coefficient (Wildman–Crippen LogP) is 4.46. The second-order valence-electron chi connectivity index (χ2n) is 13.1. The predicted molar refractivity (Wildman–Crippen MR) is 204 cm³/mol. The number of carbonyl (C=O) groups excluding carboxylic acids is 3. The van der Waals surface area contributed by atoms with Crippen LogP contribution >= 0.6 is 0 Å².